The number of nitrogens with one attached hydrogen (secondary N) is 2. The third-order valence-corrected chi connectivity index (χ3v) is 6.69. The van der Waals surface area contributed by atoms with Gasteiger partial charge in [0.05, 0.1) is 26.3 Å². The first-order chi connectivity index (χ1) is 18.4. The van der Waals surface area contributed by atoms with Crippen molar-refractivity contribution < 1.29 is 19.1 Å². The van der Waals surface area contributed by atoms with Crippen LogP contribution < -0.4 is 15.4 Å². The van der Waals surface area contributed by atoms with Crippen molar-refractivity contribution in [2.45, 2.75) is 33.0 Å². The topological polar surface area (TPSA) is 109 Å². The van der Waals surface area contributed by atoms with Crippen molar-refractivity contribution in [2.24, 2.45) is 5.92 Å². The number of amides is 2. The molecule has 1 aliphatic rings. The van der Waals surface area contributed by atoms with Gasteiger partial charge >= 0.3 is 12.0 Å². The van der Waals surface area contributed by atoms with Crippen LogP contribution in [0.25, 0.3) is 10.9 Å². The van der Waals surface area contributed by atoms with Gasteiger partial charge in [0.25, 0.3) is 0 Å². The largest absolute Gasteiger partial charge is 0.497 e. The van der Waals surface area contributed by atoms with Crippen LogP contribution in [-0.2, 0) is 22.6 Å². The summed E-state index contributed by atoms with van der Waals surface area (Å²) in [5.74, 6) is 1.76. The number of ether oxygens (including phenoxy) is 2. The van der Waals surface area contributed by atoms with E-state index in [2.05, 4.69) is 15.5 Å². The summed E-state index contributed by atoms with van der Waals surface area (Å²) in [5.41, 5.74) is 1.83. The van der Waals surface area contributed by atoms with Crippen molar-refractivity contribution in [1.29, 1.82) is 0 Å². The molecule has 1 atom stereocenters. The summed E-state index contributed by atoms with van der Waals surface area (Å²) >= 11 is 0. The normalized spacial score (nSPS) is 14.8. The van der Waals surface area contributed by atoms with Gasteiger partial charge in [-0.15, -0.1) is 0 Å². The first-order valence-electron chi connectivity index (χ1n) is 12.9. The summed E-state index contributed by atoms with van der Waals surface area (Å²) in [6, 6.07) is 14.8. The van der Waals surface area contributed by atoms with Crippen molar-refractivity contribution in [1.82, 2.24) is 25.1 Å². The van der Waals surface area contributed by atoms with E-state index in [-0.39, 0.29) is 17.9 Å². The number of hydrogen-bond acceptors (Lipinski definition) is 8. The molecule has 2 aromatic carbocycles. The highest BCUT2D eigenvalue weighted by molar-refractivity contribution is 5.91. The van der Waals surface area contributed by atoms with E-state index in [1.165, 1.54) is 7.11 Å². The van der Waals surface area contributed by atoms with Crippen LogP contribution in [0.2, 0.25) is 0 Å². The Morgan fingerprint density at radius 2 is 1.68 bits per heavy atom. The predicted octanol–water partition coefficient (Wildman–Crippen LogP) is 3.28. The number of aromatic nitrogens is 2. The molecule has 2 heterocycles. The predicted molar refractivity (Wildman–Crippen MR) is 146 cm³/mol. The molecule has 1 fully saturated rings. The molecule has 38 heavy (non-hydrogen) atoms. The van der Waals surface area contributed by atoms with Crippen molar-refractivity contribution in [3.8, 4) is 5.75 Å². The van der Waals surface area contributed by atoms with Crippen LogP contribution >= 0.6 is 0 Å². The first kappa shape index (κ1) is 27.1. The number of methoxy groups -OCH3 is 2. The fourth-order valence-corrected chi connectivity index (χ4v) is 4.42. The summed E-state index contributed by atoms with van der Waals surface area (Å²) in [4.78, 5) is 38.7. The van der Waals surface area contributed by atoms with E-state index in [1.807, 2.05) is 67.3 Å². The third kappa shape index (κ3) is 6.69. The summed E-state index contributed by atoms with van der Waals surface area (Å²) in [5, 5.41) is 7.14. The SMILES string of the molecule is COC(=O)[C@@H](Nc1nc(CN2CCN(C(=O)NCc3ccc(OC)cc3)CC2)nc2ccccc12)C(C)C. The van der Waals surface area contributed by atoms with Gasteiger partial charge in [-0.25, -0.2) is 19.6 Å². The van der Waals surface area contributed by atoms with Crippen LogP contribution in [-0.4, -0.2) is 78.2 Å². The maximum absolute atomic E-state index is 12.7. The van der Waals surface area contributed by atoms with Crippen LogP contribution in [0.4, 0.5) is 10.6 Å². The van der Waals surface area contributed by atoms with E-state index in [0.717, 1.165) is 22.2 Å². The van der Waals surface area contributed by atoms with Gasteiger partial charge in [0.15, 0.2) is 0 Å². The smallest absolute Gasteiger partial charge is 0.328 e. The minimum absolute atomic E-state index is 0.0172. The molecule has 202 valence electrons. The molecule has 0 bridgehead atoms. The molecule has 0 radical (unpaired) electrons. The van der Waals surface area contributed by atoms with Crippen LogP contribution in [0, 0.1) is 5.92 Å². The highest BCUT2D eigenvalue weighted by Gasteiger charge is 2.25. The molecule has 0 spiro atoms. The lowest BCUT2D eigenvalue weighted by Crippen LogP contribution is -2.51. The number of urea groups is 1. The van der Waals surface area contributed by atoms with Gasteiger partial charge in [-0.3, -0.25) is 4.90 Å². The number of para-hydroxylation sites is 1. The Hall–Kier alpha value is -3.92. The van der Waals surface area contributed by atoms with E-state index >= 15 is 0 Å². The Balaban J connectivity index is 1.37. The highest BCUT2D eigenvalue weighted by Crippen LogP contribution is 2.23. The minimum atomic E-state index is -0.522. The average molecular weight is 521 g/mol. The van der Waals surface area contributed by atoms with E-state index in [9.17, 15) is 9.59 Å². The highest BCUT2D eigenvalue weighted by atomic mass is 16.5. The quantitative estimate of drug-likeness (QED) is 0.414. The van der Waals surface area contributed by atoms with Crippen molar-refractivity contribution in [3.05, 3.63) is 59.9 Å². The van der Waals surface area contributed by atoms with Crippen molar-refractivity contribution >= 4 is 28.7 Å². The maximum Gasteiger partial charge on any atom is 0.328 e. The Labute approximate surface area is 223 Å². The molecule has 4 rings (SSSR count). The summed E-state index contributed by atoms with van der Waals surface area (Å²) in [7, 11) is 3.02. The number of rotatable bonds is 9. The number of hydrogen-bond donors (Lipinski definition) is 2. The Morgan fingerprint density at radius 3 is 2.34 bits per heavy atom. The standard InChI is InChI=1S/C28H36N6O4/c1-19(2)25(27(35)38-4)32-26-22-7-5-6-8-23(22)30-24(31-26)18-33-13-15-34(16-14-33)28(36)29-17-20-9-11-21(37-3)12-10-20/h5-12,19,25H,13-18H2,1-4H3,(H,29,36)(H,30,31,32)/t25-/m0/s1. The fourth-order valence-electron chi connectivity index (χ4n) is 4.42. The second-order valence-electron chi connectivity index (χ2n) is 9.66. The summed E-state index contributed by atoms with van der Waals surface area (Å²) < 4.78 is 10.2. The van der Waals surface area contributed by atoms with Crippen LogP contribution in [0.3, 0.4) is 0 Å². The summed E-state index contributed by atoms with van der Waals surface area (Å²) in [6.07, 6.45) is 0. The number of nitrogens with zero attached hydrogens (tertiary/aromatic N) is 4. The van der Waals surface area contributed by atoms with E-state index in [0.29, 0.717) is 50.9 Å². The van der Waals surface area contributed by atoms with Gasteiger partial charge in [-0.05, 0) is 35.7 Å². The van der Waals surface area contributed by atoms with Crippen LogP contribution in [0.5, 0.6) is 5.75 Å². The molecule has 3 aromatic rings. The van der Waals surface area contributed by atoms with Crippen molar-refractivity contribution in [2.75, 3.05) is 45.7 Å². The van der Waals surface area contributed by atoms with E-state index < -0.39 is 6.04 Å². The number of fused-ring (bicyclic) bond motifs is 1. The lowest BCUT2D eigenvalue weighted by Gasteiger charge is -2.34. The average Bonchev–Trinajstić information content (AvgIpc) is 2.94. The zero-order valence-electron chi connectivity index (χ0n) is 22.4. The van der Waals surface area contributed by atoms with Crippen molar-refractivity contribution in [3.63, 3.8) is 0 Å². The number of esters is 1. The van der Waals surface area contributed by atoms with Gasteiger partial charge in [-0.1, -0.05) is 38.1 Å². The summed E-state index contributed by atoms with van der Waals surface area (Å²) in [6.45, 7) is 7.60. The molecular formula is C28H36N6O4. The molecule has 2 amide bonds. The number of benzene rings is 2. The molecule has 0 unspecified atom stereocenters. The molecule has 10 heteroatoms. The zero-order valence-corrected chi connectivity index (χ0v) is 22.4. The number of anilines is 1. The van der Waals surface area contributed by atoms with Gasteiger partial charge in [0.2, 0.25) is 0 Å². The fraction of sp³-hybridized carbons (Fsp3) is 0.429. The van der Waals surface area contributed by atoms with Gasteiger partial charge in [0, 0.05) is 38.1 Å². The van der Waals surface area contributed by atoms with Gasteiger partial charge in [0.1, 0.15) is 23.4 Å². The van der Waals surface area contributed by atoms with Crippen LogP contribution in [0.15, 0.2) is 48.5 Å². The Morgan fingerprint density at radius 1 is 0.974 bits per heavy atom. The maximum atomic E-state index is 12.7. The molecule has 1 aromatic heterocycles. The van der Waals surface area contributed by atoms with Gasteiger partial charge in [-0.2, -0.15) is 0 Å². The monoisotopic (exact) mass is 520 g/mol. The third-order valence-electron chi connectivity index (χ3n) is 6.69. The lowest BCUT2D eigenvalue weighted by atomic mass is 10.0. The zero-order chi connectivity index (χ0) is 27.1. The molecule has 1 aliphatic heterocycles. The second kappa shape index (κ2) is 12.6. The minimum Gasteiger partial charge on any atom is -0.497 e. The molecule has 10 nitrogen and oxygen atoms in total. The molecule has 1 saturated heterocycles. The number of carbonyl (C=O) groups is 2. The molecule has 0 aliphatic carbocycles. The second-order valence-corrected chi connectivity index (χ2v) is 9.66. The van der Waals surface area contributed by atoms with Gasteiger partial charge < -0.3 is 25.0 Å². The Bertz CT molecular complexity index is 1240. The molecule has 2 N–H and O–H groups in total. The van der Waals surface area contributed by atoms with E-state index in [1.54, 1.807) is 7.11 Å². The molecule has 0 saturated carbocycles. The van der Waals surface area contributed by atoms with E-state index in [4.69, 9.17) is 19.4 Å². The lowest BCUT2D eigenvalue weighted by molar-refractivity contribution is -0.142. The number of piperazine rings is 1. The van der Waals surface area contributed by atoms with Crippen LogP contribution in [0.1, 0.15) is 25.2 Å². The molecular weight excluding hydrogens is 484 g/mol. The first-order valence-corrected chi connectivity index (χ1v) is 12.9. The number of carbonyl (C=O) groups excluding carboxylic acids is 2. The Kier molecular flexibility index (Phi) is 8.96.